The molecule has 0 atom stereocenters. The quantitative estimate of drug-likeness (QED) is 0.483. The molecule has 0 unspecified atom stereocenters. The van der Waals surface area contributed by atoms with E-state index in [2.05, 4.69) is 0 Å². The zero-order chi connectivity index (χ0) is 13.1. The molecule has 2 rings (SSSR count). The Labute approximate surface area is 105 Å². The lowest BCUT2D eigenvalue weighted by atomic mass is 10.2. The van der Waals surface area contributed by atoms with E-state index in [4.69, 9.17) is 10.5 Å². The van der Waals surface area contributed by atoms with E-state index in [0.717, 1.165) is 0 Å². The molecular weight excluding hydrogens is 230 g/mol. The fourth-order valence-electron chi connectivity index (χ4n) is 1.54. The van der Waals surface area contributed by atoms with E-state index in [1.807, 2.05) is 0 Å². The number of nitrogens with two attached hydrogens (primary N) is 1. The van der Waals surface area contributed by atoms with E-state index >= 15 is 0 Å². The molecule has 0 bridgehead atoms. The second-order valence-electron chi connectivity index (χ2n) is 3.88. The molecule has 4 nitrogen and oxygen atoms in total. The van der Waals surface area contributed by atoms with E-state index < -0.39 is 5.97 Å². The molecule has 18 heavy (non-hydrogen) atoms. The first-order valence-electron chi connectivity index (χ1n) is 5.45. The largest absolute Gasteiger partial charge is 0.507 e. The summed E-state index contributed by atoms with van der Waals surface area (Å²) in [5, 5.41) is 9.56. The minimum Gasteiger partial charge on any atom is -0.507 e. The Balaban J connectivity index is 2.27. The van der Waals surface area contributed by atoms with Crippen molar-refractivity contribution in [3.63, 3.8) is 0 Å². The number of para-hydroxylation sites is 1. The van der Waals surface area contributed by atoms with Gasteiger partial charge in [-0.25, -0.2) is 4.79 Å². The van der Waals surface area contributed by atoms with Gasteiger partial charge in [-0.1, -0.05) is 18.2 Å². The number of rotatable bonds is 2. The molecule has 0 saturated heterocycles. The predicted molar refractivity (Wildman–Crippen MR) is 68.7 cm³/mol. The molecule has 0 heterocycles. The van der Waals surface area contributed by atoms with Gasteiger partial charge in [-0.05, 0) is 31.2 Å². The number of nitrogen functional groups attached to an aromatic ring is 1. The van der Waals surface area contributed by atoms with Crippen molar-refractivity contribution in [2.45, 2.75) is 6.92 Å². The van der Waals surface area contributed by atoms with Crippen LogP contribution < -0.4 is 10.5 Å². The van der Waals surface area contributed by atoms with Crippen LogP contribution in [0.25, 0.3) is 0 Å². The molecule has 0 amide bonds. The molecular formula is C14H13NO3. The Morgan fingerprint density at radius 2 is 1.89 bits per heavy atom. The third-order valence-corrected chi connectivity index (χ3v) is 2.65. The van der Waals surface area contributed by atoms with Gasteiger partial charge >= 0.3 is 5.97 Å². The maximum atomic E-state index is 11.9. The standard InChI is InChI=1S/C14H13NO3/c1-9-11(15)6-4-8-13(9)18-14(17)10-5-2-3-7-12(10)16/h2-8,16H,15H2,1H3. The summed E-state index contributed by atoms with van der Waals surface area (Å²) < 4.78 is 5.21. The molecule has 4 heteroatoms. The maximum Gasteiger partial charge on any atom is 0.347 e. The van der Waals surface area contributed by atoms with E-state index in [0.29, 0.717) is 17.0 Å². The first-order chi connectivity index (χ1) is 8.59. The van der Waals surface area contributed by atoms with Gasteiger partial charge in [0.05, 0.1) is 0 Å². The highest BCUT2D eigenvalue weighted by atomic mass is 16.5. The summed E-state index contributed by atoms with van der Waals surface area (Å²) in [6.07, 6.45) is 0. The number of hydrogen-bond donors (Lipinski definition) is 2. The van der Waals surface area contributed by atoms with Crippen LogP contribution in [0.1, 0.15) is 15.9 Å². The lowest BCUT2D eigenvalue weighted by molar-refractivity contribution is 0.0730. The molecule has 2 aromatic carbocycles. The van der Waals surface area contributed by atoms with E-state index in [1.54, 1.807) is 37.3 Å². The first kappa shape index (κ1) is 12.0. The number of aromatic hydroxyl groups is 1. The summed E-state index contributed by atoms with van der Waals surface area (Å²) in [4.78, 5) is 11.9. The summed E-state index contributed by atoms with van der Waals surface area (Å²) in [5.74, 6) is -0.325. The second-order valence-corrected chi connectivity index (χ2v) is 3.88. The number of benzene rings is 2. The van der Waals surface area contributed by atoms with Crippen molar-refractivity contribution in [3.05, 3.63) is 53.6 Å². The number of ether oxygens (including phenoxy) is 1. The van der Waals surface area contributed by atoms with Gasteiger partial charge in [-0.15, -0.1) is 0 Å². The predicted octanol–water partition coefficient (Wildman–Crippen LogP) is 2.50. The molecule has 0 radical (unpaired) electrons. The van der Waals surface area contributed by atoms with Crippen molar-refractivity contribution >= 4 is 11.7 Å². The Morgan fingerprint density at radius 3 is 2.61 bits per heavy atom. The summed E-state index contributed by atoms with van der Waals surface area (Å²) in [5.41, 5.74) is 7.10. The topological polar surface area (TPSA) is 72.5 Å². The summed E-state index contributed by atoms with van der Waals surface area (Å²) >= 11 is 0. The van der Waals surface area contributed by atoms with Crippen molar-refractivity contribution < 1.29 is 14.6 Å². The second kappa shape index (κ2) is 4.79. The monoisotopic (exact) mass is 243 g/mol. The SMILES string of the molecule is Cc1c(N)cccc1OC(=O)c1ccccc1O. The molecule has 0 spiro atoms. The van der Waals surface area contributed by atoms with Crippen LogP contribution >= 0.6 is 0 Å². The first-order valence-corrected chi connectivity index (χ1v) is 5.45. The van der Waals surface area contributed by atoms with E-state index in [1.165, 1.54) is 12.1 Å². The van der Waals surface area contributed by atoms with Crippen LogP contribution in [0.2, 0.25) is 0 Å². The van der Waals surface area contributed by atoms with Crippen LogP contribution in [-0.4, -0.2) is 11.1 Å². The van der Waals surface area contributed by atoms with Crippen LogP contribution in [0, 0.1) is 6.92 Å². The minimum absolute atomic E-state index is 0.107. The highest BCUT2D eigenvalue weighted by Crippen LogP contribution is 2.25. The molecule has 0 aromatic heterocycles. The van der Waals surface area contributed by atoms with Crippen LogP contribution in [0.3, 0.4) is 0 Å². The zero-order valence-corrected chi connectivity index (χ0v) is 9.88. The van der Waals surface area contributed by atoms with Gasteiger partial charge in [0.2, 0.25) is 0 Å². The van der Waals surface area contributed by atoms with Crippen molar-refractivity contribution in [2.75, 3.05) is 5.73 Å². The smallest absolute Gasteiger partial charge is 0.347 e. The van der Waals surface area contributed by atoms with E-state index in [-0.39, 0.29) is 11.3 Å². The maximum absolute atomic E-state index is 11.9. The van der Waals surface area contributed by atoms with Gasteiger partial charge in [0.15, 0.2) is 0 Å². The zero-order valence-electron chi connectivity index (χ0n) is 9.88. The Morgan fingerprint density at radius 1 is 1.17 bits per heavy atom. The van der Waals surface area contributed by atoms with Crippen LogP contribution in [-0.2, 0) is 0 Å². The molecule has 0 aliphatic heterocycles. The van der Waals surface area contributed by atoms with Gasteiger partial charge in [-0.3, -0.25) is 0 Å². The molecule has 0 aliphatic rings. The van der Waals surface area contributed by atoms with E-state index in [9.17, 15) is 9.90 Å². The Bertz CT molecular complexity index is 593. The molecule has 2 aromatic rings. The summed E-state index contributed by atoms with van der Waals surface area (Å²) in [6.45, 7) is 1.77. The van der Waals surface area contributed by atoms with Crippen LogP contribution in [0.5, 0.6) is 11.5 Å². The lowest BCUT2D eigenvalue weighted by Crippen LogP contribution is -2.10. The number of esters is 1. The lowest BCUT2D eigenvalue weighted by Gasteiger charge is -2.09. The van der Waals surface area contributed by atoms with Gasteiger partial charge in [0, 0.05) is 11.3 Å². The van der Waals surface area contributed by atoms with Gasteiger partial charge in [0.1, 0.15) is 17.1 Å². The summed E-state index contributed by atoms with van der Waals surface area (Å²) in [7, 11) is 0. The van der Waals surface area contributed by atoms with Crippen LogP contribution in [0.4, 0.5) is 5.69 Å². The number of hydrogen-bond acceptors (Lipinski definition) is 4. The third kappa shape index (κ3) is 2.27. The molecule has 92 valence electrons. The van der Waals surface area contributed by atoms with Gasteiger partial charge in [-0.2, -0.15) is 0 Å². The Hall–Kier alpha value is -2.49. The number of anilines is 1. The van der Waals surface area contributed by atoms with Crippen molar-refractivity contribution in [3.8, 4) is 11.5 Å². The normalized spacial score (nSPS) is 10.1. The highest BCUT2D eigenvalue weighted by molar-refractivity contribution is 5.94. The van der Waals surface area contributed by atoms with Crippen molar-refractivity contribution in [2.24, 2.45) is 0 Å². The van der Waals surface area contributed by atoms with Gasteiger partial charge in [0.25, 0.3) is 0 Å². The number of carbonyl (C=O) groups is 1. The number of carbonyl (C=O) groups excluding carboxylic acids is 1. The van der Waals surface area contributed by atoms with Crippen LogP contribution in [0.15, 0.2) is 42.5 Å². The molecule has 0 aliphatic carbocycles. The number of phenolic OH excluding ortho intramolecular Hbond substituents is 1. The van der Waals surface area contributed by atoms with Crippen molar-refractivity contribution in [1.82, 2.24) is 0 Å². The molecule has 0 saturated carbocycles. The fraction of sp³-hybridized carbons (Fsp3) is 0.0714. The average molecular weight is 243 g/mol. The average Bonchev–Trinajstić information content (AvgIpc) is 2.35. The summed E-state index contributed by atoms with van der Waals surface area (Å²) in [6, 6.07) is 11.3. The van der Waals surface area contributed by atoms with Gasteiger partial charge < -0.3 is 15.6 Å². The third-order valence-electron chi connectivity index (χ3n) is 2.65. The fourth-order valence-corrected chi connectivity index (χ4v) is 1.54. The molecule has 0 fully saturated rings. The van der Waals surface area contributed by atoms with Crippen molar-refractivity contribution in [1.29, 1.82) is 0 Å². The molecule has 3 N–H and O–H groups in total. The number of phenols is 1. The minimum atomic E-state index is -0.609. The Kier molecular flexibility index (Phi) is 3.19. The highest BCUT2D eigenvalue weighted by Gasteiger charge is 2.14.